The summed E-state index contributed by atoms with van der Waals surface area (Å²) in [6.07, 6.45) is 0.493. The molecule has 1 aromatic carbocycles. The van der Waals surface area contributed by atoms with Gasteiger partial charge in [0.25, 0.3) is 0 Å². The Hall–Kier alpha value is -0.680. The standard InChI is InChI=1S/C14H15Cl2FN2S/c1-7-8(2)20-13(19-7)6-14(3,18)9-4-12(17)11(16)5-10(9)15/h4-5H,6,18H2,1-3H3. The van der Waals surface area contributed by atoms with Gasteiger partial charge in [-0.3, -0.25) is 0 Å². The van der Waals surface area contributed by atoms with Crippen molar-refractivity contribution in [2.24, 2.45) is 5.73 Å². The van der Waals surface area contributed by atoms with Crippen molar-refractivity contribution in [2.75, 3.05) is 0 Å². The number of aromatic nitrogens is 1. The first kappa shape index (κ1) is 15.7. The van der Waals surface area contributed by atoms with Gasteiger partial charge in [-0.15, -0.1) is 11.3 Å². The van der Waals surface area contributed by atoms with Gasteiger partial charge in [0.15, 0.2) is 0 Å². The van der Waals surface area contributed by atoms with Gasteiger partial charge in [0.1, 0.15) is 5.82 Å². The SMILES string of the molecule is Cc1nc(CC(C)(N)c2cc(F)c(Cl)cc2Cl)sc1C. The van der Waals surface area contributed by atoms with Crippen LogP contribution in [0.25, 0.3) is 0 Å². The Morgan fingerprint density at radius 3 is 2.50 bits per heavy atom. The second kappa shape index (κ2) is 5.60. The van der Waals surface area contributed by atoms with Crippen molar-refractivity contribution in [2.45, 2.75) is 32.7 Å². The van der Waals surface area contributed by atoms with Gasteiger partial charge in [0.2, 0.25) is 0 Å². The Morgan fingerprint density at radius 2 is 1.95 bits per heavy atom. The zero-order valence-electron chi connectivity index (χ0n) is 11.4. The molecule has 0 aliphatic rings. The monoisotopic (exact) mass is 332 g/mol. The van der Waals surface area contributed by atoms with Gasteiger partial charge in [-0.25, -0.2) is 9.37 Å². The Kier molecular flexibility index (Phi) is 4.40. The highest BCUT2D eigenvalue weighted by atomic mass is 35.5. The molecule has 0 saturated carbocycles. The smallest absolute Gasteiger partial charge is 0.142 e. The maximum atomic E-state index is 13.6. The van der Waals surface area contributed by atoms with Crippen molar-refractivity contribution in [3.63, 3.8) is 0 Å². The van der Waals surface area contributed by atoms with E-state index in [1.165, 1.54) is 12.1 Å². The van der Waals surface area contributed by atoms with Crippen molar-refractivity contribution in [3.05, 3.63) is 49.1 Å². The summed E-state index contributed by atoms with van der Waals surface area (Å²) in [5.41, 5.74) is 7.04. The highest BCUT2D eigenvalue weighted by Gasteiger charge is 2.27. The van der Waals surface area contributed by atoms with Crippen LogP contribution in [-0.4, -0.2) is 4.98 Å². The molecule has 2 nitrogen and oxygen atoms in total. The molecule has 6 heteroatoms. The molecule has 0 fully saturated rings. The Labute approximate surface area is 131 Å². The molecule has 0 radical (unpaired) electrons. The van der Waals surface area contributed by atoms with Crippen LogP contribution in [0.4, 0.5) is 4.39 Å². The minimum Gasteiger partial charge on any atom is -0.321 e. The largest absolute Gasteiger partial charge is 0.321 e. The molecule has 1 aromatic heterocycles. The topological polar surface area (TPSA) is 38.9 Å². The average molecular weight is 333 g/mol. The molecule has 0 aliphatic carbocycles. The van der Waals surface area contributed by atoms with E-state index in [1.54, 1.807) is 11.3 Å². The second-order valence-corrected chi connectivity index (χ2v) is 7.19. The number of rotatable bonds is 3. The van der Waals surface area contributed by atoms with Crippen molar-refractivity contribution in [3.8, 4) is 0 Å². The highest BCUT2D eigenvalue weighted by Crippen LogP contribution is 2.33. The van der Waals surface area contributed by atoms with E-state index in [-0.39, 0.29) is 5.02 Å². The number of nitrogens with zero attached hydrogens (tertiary/aromatic N) is 1. The molecule has 2 N–H and O–H groups in total. The minimum atomic E-state index is -0.806. The number of halogens is 3. The Balaban J connectivity index is 2.37. The Bertz CT molecular complexity index is 633. The lowest BCUT2D eigenvalue weighted by atomic mass is 9.90. The molecule has 0 saturated heterocycles. The molecule has 0 aliphatic heterocycles. The van der Waals surface area contributed by atoms with Crippen molar-refractivity contribution in [1.29, 1.82) is 0 Å². The first-order valence-electron chi connectivity index (χ1n) is 6.07. The lowest BCUT2D eigenvalue weighted by Gasteiger charge is -2.25. The Morgan fingerprint density at radius 1 is 1.30 bits per heavy atom. The van der Waals surface area contributed by atoms with Crippen LogP contribution in [-0.2, 0) is 12.0 Å². The van der Waals surface area contributed by atoms with Crippen LogP contribution < -0.4 is 5.73 Å². The summed E-state index contributed by atoms with van der Waals surface area (Å²) >= 11 is 13.4. The van der Waals surface area contributed by atoms with Gasteiger partial charge < -0.3 is 5.73 Å². The van der Waals surface area contributed by atoms with E-state index in [1.807, 2.05) is 20.8 Å². The molecule has 1 unspecified atom stereocenters. The molecule has 2 rings (SSSR count). The molecule has 1 heterocycles. The third-order valence-electron chi connectivity index (χ3n) is 3.22. The minimum absolute atomic E-state index is 0.00418. The molecular weight excluding hydrogens is 318 g/mol. The fourth-order valence-corrected chi connectivity index (χ4v) is 3.68. The second-order valence-electron chi connectivity index (χ2n) is 5.09. The van der Waals surface area contributed by atoms with E-state index in [2.05, 4.69) is 4.98 Å². The van der Waals surface area contributed by atoms with Crippen molar-refractivity contribution >= 4 is 34.5 Å². The van der Waals surface area contributed by atoms with Gasteiger partial charge in [-0.2, -0.15) is 0 Å². The maximum absolute atomic E-state index is 13.6. The van der Waals surface area contributed by atoms with E-state index < -0.39 is 11.4 Å². The third kappa shape index (κ3) is 3.14. The van der Waals surface area contributed by atoms with E-state index in [4.69, 9.17) is 28.9 Å². The van der Waals surface area contributed by atoms with Crippen LogP contribution in [0.15, 0.2) is 12.1 Å². The third-order valence-corrected chi connectivity index (χ3v) is 4.89. The molecule has 108 valence electrons. The van der Waals surface area contributed by atoms with Crippen LogP contribution in [0.1, 0.15) is 28.1 Å². The van der Waals surface area contributed by atoms with Crippen molar-refractivity contribution < 1.29 is 4.39 Å². The average Bonchev–Trinajstić information content (AvgIpc) is 2.61. The summed E-state index contributed by atoms with van der Waals surface area (Å²) < 4.78 is 13.6. The molecule has 0 spiro atoms. The summed E-state index contributed by atoms with van der Waals surface area (Å²) in [7, 11) is 0. The number of hydrogen-bond donors (Lipinski definition) is 1. The van der Waals surface area contributed by atoms with E-state index in [0.29, 0.717) is 17.0 Å². The zero-order valence-corrected chi connectivity index (χ0v) is 13.8. The maximum Gasteiger partial charge on any atom is 0.142 e. The van der Waals surface area contributed by atoms with Crippen LogP contribution in [0.3, 0.4) is 0 Å². The molecule has 0 amide bonds. The molecule has 0 bridgehead atoms. The predicted octanol–water partition coefficient (Wildman–Crippen LogP) is 4.62. The molecular formula is C14H15Cl2FN2S. The zero-order chi connectivity index (χ0) is 15.1. The lowest BCUT2D eigenvalue weighted by molar-refractivity contribution is 0.485. The van der Waals surface area contributed by atoms with Crippen LogP contribution in [0.2, 0.25) is 10.0 Å². The van der Waals surface area contributed by atoms with Crippen LogP contribution in [0.5, 0.6) is 0 Å². The van der Waals surface area contributed by atoms with Gasteiger partial charge in [-0.1, -0.05) is 23.2 Å². The summed E-state index contributed by atoms with van der Waals surface area (Å²) in [5, 5.41) is 1.28. The first-order valence-corrected chi connectivity index (χ1v) is 7.65. The number of thiazole rings is 1. The lowest BCUT2D eigenvalue weighted by Crippen LogP contribution is -2.36. The molecule has 20 heavy (non-hydrogen) atoms. The van der Waals surface area contributed by atoms with Gasteiger partial charge in [0.05, 0.1) is 15.7 Å². The summed E-state index contributed by atoms with van der Waals surface area (Å²) in [6.45, 7) is 5.78. The summed E-state index contributed by atoms with van der Waals surface area (Å²) in [6, 6.07) is 2.69. The molecule has 1 atom stereocenters. The quantitative estimate of drug-likeness (QED) is 0.832. The van der Waals surface area contributed by atoms with Crippen molar-refractivity contribution in [1.82, 2.24) is 4.98 Å². The number of benzene rings is 1. The predicted molar refractivity (Wildman–Crippen MR) is 83.3 cm³/mol. The van der Waals surface area contributed by atoms with Gasteiger partial charge in [0, 0.05) is 21.9 Å². The molecule has 2 aromatic rings. The number of nitrogens with two attached hydrogens (primary N) is 1. The summed E-state index contributed by atoms with van der Waals surface area (Å²) in [4.78, 5) is 5.62. The highest BCUT2D eigenvalue weighted by molar-refractivity contribution is 7.11. The van der Waals surface area contributed by atoms with Gasteiger partial charge in [-0.05, 0) is 38.5 Å². The van der Waals surface area contributed by atoms with E-state index in [9.17, 15) is 4.39 Å². The fraction of sp³-hybridized carbons (Fsp3) is 0.357. The van der Waals surface area contributed by atoms with E-state index >= 15 is 0 Å². The van der Waals surface area contributed by atoms with Crippen LogP contribution in [0, 0.1) is 19.7 Å². The van der Waals surface area contributed by atoms with E-state index in [0.717, 1.165) is 15.6 Å². The number of aryl methyl sites for hydroxylation is 2. The summed E-state index contributed by atoms with van der Waals surface area (Å²) in [5.74, 6) is -0.519. The first-order chi connectivity index (χ1) is 9.20. The van der Waals surface area contributed by atoms with Gasteiger partial charge >= 0.3 is 0 Å². The number of hydrogen-bond acceptors (Lipinski definition) is 3. The normalized spacial score (nSPS) is 14.3. The van der Waals surface area contributed by atoms with Crippen LogP contribution >= 0.6 is 34.5 Å². The fourth-order valence-electron chi connectivity index (χ4n) is 1.98.